The quantitative estimate of drug-likeness (QED) is 0.758. The minimum absolute atomic E-state index is 0.155. The molecule has 1 aromatic carbocycles. The van der Waals surface area contributed by atoms with Crippen LogP contribution >= 0.6 is 0 Å². The SMILES string of the molecule is c1ccc2c(c1)CN[C@H](c1ncno1)C2. The molecule has 1 aromatic heterocycles. The summed E-state index contributed by atoms with van der Waals surface area (Å²) in [5.41, 5.74) is 2.72. The third kappa shape index (κ3) is 1.53. The lowest BCUT2D eigenvalue weighted by molar-refractivity contribution is 0.320. The zero-order chi connectivity index (χ0) is 10.1. The van der Waals surface area contributed by atoms with Gasteiger partial charge in [0.25, 0.3) is 0 Å². The van der Waals surface area contributed by atoms with E-state index in [9.17, 15) is 0 Å². The summed E-state index contributed by atoms with van der Waals surface area (Å²) in [6, 6.07) is 8.58. The maximum atomic E-state index is 5.06. The first-order valence-electron chi connectivity index (χ1n) is 5.00. The fourth-order valence-electron chi connectivity index (χ4n) is 1.96. The smallest absolute Gasteiger partial charge is 0.243 e. The Morgan fingerprint density at radius 3 is 2.93 bits per heavy atom. The third-order valence-electron chi connectivity index (χ3n) is 2.76. The van der Waals surface area contributed by atoms with Crippen LogP contribution < -0.4 is 5.32 Å². The number of nitrogens with one attached hydrogen (secondary N) is 1. The first kappa shape index (κ1) is 8.61. The Bertz CT molecular complexity index is 453. The molecule has 0 bridgehead atoms. The molecule has 3 rings (SSSR count). The summed E-state index contributed by atoms with van der Waals surface area (Å²) in [5, 5.41) is 7.01. The van der Waals surface area contributed by atoms with Crippen molar-refractivity contribution in [3.63, 3.8) is 0 Å². The highest BCUT2D eigenvalue weighted by atomic mass is 16.5. The van der Waals surface area contributed by atoms with Gasteiger partial charge in [0.1, 0.15) is 0 Å². The summed E-state index contributed by atoms with van der Waals surface area (Å²) in [6.07, 6.45) is 2.36. The van der Waals surface area contributed by atoms with Crippen LogP contribution in [-0.2, 0) is 13.0 Å². The summed E-state index contributed by atoms with van der Waals surface area (Å²) in [5.74, 6) is 0.671. The van der Waals surface area contributed by atoms with Crippen molar-refractivity contribution in [2.45, 2.75) is 19.0 Å². The number of nitrogens with zero attached hydrogens (tertiary/aromatic N) is 2. The lowest BCUT2D eigenvalue weighted by atomic mass is 9.96. The Hall–Kier alpha value is -1.68. The largest absolute Gasteiger partial charge is 0.338 e. The van der Waals surface area contributed by atoms with E-state index in [1.807, 2.05) is 0 Å². The van der Waals surface area contributed by atoms with E-state index >= 15 is 0 Å². The number of hydrogen-bond acceptors (Lipinski definition) is 4. The standard InChI is InChI=1S/C11H11N3O/c1-2-4-9-6-12-10(5-8(9)3-1)11-13-7-14-15-11/h1-4,7,10,12H,5-6H2/t10-/m0/s1. The molecule has 1 aliphatic heterocycles. The van der Waals surface area contributed by atoms with Gasteiger partial charge in [-0.15, -0.1) is 0 Å². The second-order valence-electron chi connectivity index (χ2n) is 3.69. The van der Waals surface area contributed by atoms with Crippen LogP contribution in [0, 0.1) is 0 Å². The highest BCUT2D eigenvalue weighted by molar-refractivity contribution is 5.30. The molecule has 4 heteroatoms. The molecule has 4 nitrogen and oxygen atoms in total. The maximum absolute atomic E-state index is 5.06. The second-order valence-corrected chi connectivity index (χ2v) is 3.69. The van der Waals surface area contributed by atoms with Gasteiger partial charge in [-0.25, -0.2) is 0 Å². The zero-order valence-corrected chi connectivity index (χ0v) is 8.18. The van der Waals surface area contributed by atoms with Gasteiger partial charge >= 0.3 is 0 Å². The minimum atomic E-state index is 0.155. The molecule has 0 fully saturated rings. The highest BCUT2D eigenvalue weighted by Crippen LogP contribution is 2.23. The molecule has 2 aromatic rings. The molecule has 76 valence electrons. The first-order valence-corrected chi connectivity index (χ1v) is 5.00. The third-order valence-corrected chi connectivity index (χ3v) is 2.76. The maximum Gasteiger partial charge on any atom is 0.243 e. The summed E-state index contributed by atoms with van der Waals surface area (Å²) in [7, 11) is 0. The van der Waals surface area contributed by atoms with Crippen molar-refractivity contribution in [3.8, 4) is 0 Å². The lowest BCUT2D eigenvalue weighted by Gasteiger charge is -2.23. The van der Waals surface area contributed by atoms with Crippen molar-refractivity contribution in [2.75, 3.05) is 0 Å². The molecular weight excluding hydrogens is 190 g/mol. The Kier molecular flexibility index (Phi) is 1.99. The Balaban J connectivity index is 1.89. The van der Waals surface area contributed by atoms with E-state index in [1.165, 1.54) is 17.5 Å². The Morgan fingerprint density at radius 2 is 2.13 bits per heavy atom. The Morgan fingerprint density at radius 1 is 1.27 bits per heavy atom. The van der Waals surface area contributed by atoms with Gasteiger partial charge in [-0.2, -0.15) is 4.98 Å². The van der Waals surface area contributed by atoms with Gasteiger partial charge in [-0.05, 0) is 17.5 Å². The number of hydrogen-bond donors (Lipinski definition) is 1. The highest BCUT2D eigenvalue weighted by Gasteiger charge is 2.22. The van der Waals surface area contributed by atoms with E-state index in [0.717, 1.165) is 13.0 Å². The van der Waals surface area contributed by atoms with E-state index < -0.39 is 0 Å². The summed E-state index contributed by atoms with van der Waals surface area (Å²) in [6.45, 7) is 0.864. The lowest BCUT2D eigenvalue weighted by Crippen LogP contribution is -2.28. The van der Waals surface area contributed by atoms with Crippen LogP contribution in [0.5, 0.6) is 0 Å². The summed E-state index contributed by atoms with van der Waals surface area (Å²) in [4.78, 5) is 4.07. The number of benzene rings is 1. The van der Waals surface area contributed by atoms with E-state index in [2.05, 4.69) is 39.7 Å². The molecule has 1 N–H and O–H groups in total. The number of fused-ring (bicyclic) bond motifs is 1. The molecule has 0 amide bonds. The number of aromatic nitrogens is 2. The van der Waals surface area contributed by atoms with Gasteiger partial charge in [0, 0.05) is 6.54 Å². The molecule has 0 spiro atoms. The van der Waals surface area contributed by atoms with Crippen molar-refractivity contribution in [1.29, 1.82) is 0 Å². The van der Waals surface area contributed by atoms with Gasteiger partial charge in [-0.1, -0.05) is 29.4 Å². The predicted octanol–water partition coefficient (Wildman–Crippen LogP) is 1.46. The molecule has 0 aliphatic carbocycles. The number of rotatable bonds is 1. The molecule has 0 saturated heterocycles. The molecule has 0 radical (unpaired) electrons. The van der Waals surface area contributed by atoms with Crippen LogP contribution in [0.4, 0.5) is 0 Å². The van der Waals surface area contributed by atoms with E-state index in [-0.39, 0.29) is 6.04 Å². The molecule has 0 unspecified atom stereocenters. The van der Waals surface area contributed by atoms with Crippen LogP contribution in [-0.4, -0.2) is 10.1 Å². The molecule has 15 heavy (non-hydrogen) atoms. The van der Waals surface area contributed by atoms with Gasteiger partial charge in [0.2, 0.25) is 5.89 Å². The molecular formula is C11H11N3O. The minimum Gasteiger partial charge on any atom is -0.338 e. The second kappa shape index (κ2) is 3.47. The normalized spacial score (nSPS) is 19.9. The molecule has 0 saturated carbocycles. The van der Waals surface area contributed by atoms with Crippen LogP contribution in [0.1, 0.15) is 23.1 Å². The van der Waals surface area contributed by atoms with Crippen molar-refractivity contribution in [1.82, 2.24) is 15.5 Å². The predicted molar refractivity (Wildman–Crippen MR) is 54.0 cm³/mol. The van der Waals surface area contributed by atoms with Gasteiger partial charge in [-0.3, -0.25) is 0 Å². The average molecular weight is 201 g/mol. The Labute approximate surface area is 87.3 Å². The van der Waals surface area contributed by atoms with Crippen LogP contribution in [0.3, 0.4) is 0 Å². The van der Waals surface area contributed by atoms with Crippen LogP contribution in [0.15, 0.2) is 35.1 Å². The van der Waals surface area contributed by atoms with Gasteiger partial charge in [0.05, 0.1) is 6.04 Å². The molecule has 1 aliphatic rings. The van der Waals surface area contributed by atoms with Gasteiger partial charge < -0.3 is 9.84 Å². The van der Waals surface area contributed by atoms with Crippen molar-refractivity contribution < 1.29 is 4.52 Å². The van der Waals surface area contributed by atoms with Crippen molar-refractivity contribution in [3.05, 3.63) is 47.6 Å². The average Bonchev–Trinajstić information content (AvgIpc) is 2.82. The molecule has 2 heterocycles. The fraction of sp³-hybridized carbons (Fsp3) is 0.273. The topological polar surface area (TPSA) is 51.0 Å². The van der Waals surface area contributed by atoms with Crippen LogP contribution in [0.25, 0.3) is 0 Å². The van der Waals surface area contributed by atoms with E-state index in [4.69, 9.17) is 4.52 Å². The molecule has 1 atom stereocenters. The van der Waals surface area contributed by atoms with Crippen molar-refractivity contribution >= 4 is 0 Å². The first-order chi connectivity index (χ1) is 7.43. The van der Waals surface area contributed by atoms with E-state index in [0.29, 0.717) is 5.89 Å². The van der Waals surface area contributed by atoms with Crippen molar-refractivity contribution in [2.24, 2.45) is 0 Å². The van der Waals surface area contributed by atoms with Gasteiger partial charge in [0.15, 0.2) is 6.33 Å². The van der Waals surface area contributed by atoms with E-state index in [1.54, 1.807) is 0 Å². The fourth-order valence-corrected chi connectivity index (χ4v) is 1.96. The summed E-state index contributed by atoms with van der Waals surface area (Å²) < 4.78 is 5.06. The van der Waals surface area contributed by atoms with Crippen LogP contribution in [0.2, 0.25) is 0 Å². The summed E-state index contributed by atoms with van der Waals surface area (Å²) >= 11 is 0. The monoisotopic (exact) mass is 201 g/mol. The zero-order valence-electron chi connectivity index (χ0n) is 8.18.